The molecule has 1 unspecified atom stereocenters. The molecule has 108 valence electrons. The maximum absolute atomic E-state index is 11.6. The van der Waals surface area contributed by atoms with Crippen molar-refractivity contribution < 1.29 is 14.7 Å². The molecule has 0 bridgehead atoms. The topological polar surface area (TPSA) is 66.4 Å². The number of carbonyl (C=O) groups is 2. The molecule has 1 amide bonds. The molecule has 1 aromatic carbocycles. The van der Waals surface area contributed by atoms with E-state index in [0.29, 0.717) is 19.3 Å². The van der Waals surface area contributed by atoms with Gasteiger partial charge in [-0.3, -0.25) is 4.79 Å². The molecule has 1 rings (SSSR count). The molecular formula is C16H21NO3. The first-order valence-electron chi connectivity index (χ1n) is 6.87. The summed E-state index contributed by atoms with van der Waals surface area (Å²) in [5, 5.41) is 11.5. The quantitative estimate of drug-likeness (QED) is 0.766. The number of carboxylic acid groups (broad SMARTS) is 1. The summed E-state index contributed by atoms with van der Waals surface area (Å²) in [4.78, 5) is 22.5. The van der Waals surface area contributed by atoms with Gasteiger partial charge in [0.1, 0.15) is 6.04 Å². The minimum atomic E-state index is -0.972. The fourth-order valence-corrected chi connectivity index (χ4v) is 1.81. The lowest BCUT2D eigenvalue weighted by Crippen LogP contribution is -2.40. The summed E-state index contributed by atoms with van der Waals surface area (Å²) in [6.45, 7) is 1.89. The summed E-state index contributed by atoms with van der Waals surface area (Å²) in [7, 11) is 0. The number of carbonyl (C=O) groups excluding carboxylic acids is 1. The van der Waals surface area contributed by atoms with E-state index in [2.05, 4.69) is 5.32 Å². The Labute approximate surface area is 119 Å². The van der Waals surface area contributed by atoms with Crippen LogP contribution in [0, 0.1) is 0 Å². The van der Waals surface area contributed by atoms with Crippen LogP contribution in [0.3, 0.4) is 0 Å². The van der Waals surface area contributed by atoms with Crippen molar-refractivity contribution in [3.63, 3.8) is 0 Å². The summed E-state index contributed by atoms with van der Waals surface area (Å²) in [6.07, 6.45) is 5.96. The maximum Gasteiger partial charge on any atom is 0.326 e. The van der Waals surface area contributed by atoms with Crippen LogP contribution >= 0.6 is 0 Å². The van der Waals surface area contributed by atoms with E-state index in [0.717, 1.165) is 12.0 Å². The largest absolute Gasteiger partial charge is 0.480 e. The Morgan fingerprint density at radius 2 is 2.00 bits per heavy atom. The molecular weight excluding hydrogens is 254 g/mol. The highest BCUT2D eigenvalue weighted by Gasteiger charge is 2.17. The smallest absolute Gasteiger partial charge is 0.326 e. The standard InChI is InChI=1S/C16H21NO3/c1-2-8-14(16(19)20)17-15(18)12-7-6-11-13-9-4-3-5-10-13/h3-6,9-11,14H,2,7-8,12H2,1H3,(H,17,18)(H,19,20)/b11-6+. The summed E-state index contributed by atoms with van der Waals surface area (Å²) in [5.74, 6) is -1.19. The number of rotatable bonds is 8. The summed E-state index contributed by atoms with van der Waals surface area (Å²) in [5.41, 5.74) is 1.09. The van der Waals surface area contributed by atoms with Crippen LogP contribution in [-0.2, 0) is 9.59 Å². The molecule has 0 aliphatic carbocycles. The third kappa shape index (κ3) is 6.18. The number of hydrogen-bond acceptors (Lipinski definition) is 2. The Hall–Kier alpha value is -2.10. The first kappa shape index (κ1) is 16.0. The van der Waals surface area contributed by atoms with Gasteiger partial charge in [0, 0.05) is 6.42 Å². The monoisotopic (exact) mass is 275 g/mol. The first-order valence-corrected chi connectivity index (χ1v) is 6.87. The van der Waals surface area contributed by atoms with E-state index >= 15 is 0 Å². The second-order valence-electron chi connectivity index (χ2n) is 4.60. The molecule has 20 heavy (non-hydrogen) atoms. The zero-order valence-corrected chi connectivity index (χ0v) is 11.7. The van der Waals surface area contributed by atoms with Crippen molar-refractivity contribution >= 4 is 18.0 Å². The van der Waals surface area contributed by atoms with Crippen LogP contribution in [0.4, 0.5) is 0 Å². The Balaban J connectivity index is 2.32. The molecule has 0 aromatic heterocycles. The second kappa shape index (κ2) is 8.91. The third-order valence-corrected chi connectivity index (χ3v) is 2.86. The predicted octanol–water partition coefficient (Wildman–Crippen LogP) is 2.85. The van der Waals surface area contributed by atoms with Crippen molar-refractivity contribution in [1.82, 2.24) is 5.32 Å². The molecule has 0 spiro atoms. The van der Waals surface area contributed by atoms with Crippen molar-refractivity contribution in [1.29, 1.82) is 0 Å². The van der Waals surface area contributed by atoms with Crippen molar-refractivity contribution in [3.05, 3.63) is 42.0 Å². The number of carboxylic acids is 1. The van der Waals surface area contributed by atoms with Gasteiger partial charge in [-0.05, 0) is 18.4 Å². The van der Waals surface area contributed by atoms with Crippen molar-refractivity contribution in [2.75, 3.05) is 0 Å². The van der Waals surface area contributed by atoms with Crippen molar-refractivity contribution in [2.45, 2.75) is 38.6 Å². The number of allylic oxidation sites excluding steroid dienone is 1. The zero-order chi connectivity index (χ0) is 14.8. The average molecular weight is 275 g/mol. The molecule has 4 heteroatoms. The Kier molecular flexibility index (Phi) is 7.11. The van der Waals surface area contributed by atoms with E-state index < -0.39 is 12.0 Å². The summed E-state index contributed by atoms with van der Waals surface area (Å²) < 4.78 is 0. The van der Waals surface area contributed by atoms with Crippen LogP contribution in [-0.4, -0.2) is 23.0 Å². The Bertz CT molecular complexity index is 454. The lowest BCUT2D eigenvalue weighted by Gasteiger charge is -2.12. The lowest BCUT2D eigenvalue weighted by molar-refractivity contribution is -0.142. The average Bonchev–Trinajstić information content (AvgIpc) is 2.44. The highest BCUT2D eigenvalue weighted by atomic mass is 16.4. The van der Waals surface area contributed by atoms with E-state index in [1.807, 2.05) is 49.4 Å². The van der Waals surface area contributed by atoms with Gasteiger partial charge in [-0.25, -0.2) is 4.79 Å². The fraction of sp³-hybridized carbons (Fsp3) is 0.375. The van der Waals surface area contributed by atoms with Gasteiger partial charge in [-0.15, -0.1) is 0 Å². The van der Waals surface area contributed by atoms with Gasteiger partial charge in [-0.1, -0.05) is 55.8 Å². The van der Waals surface area contributed by atoms with Crippen LogP contribution in [0.2, 0.25) is 0 Å². The van der Waals surface area contributed by atoms with Gasteiger partial charge in [0.2, 0.25) is 5.91 Å². The number of hydrogen-bond donors (Lipinski definition) is 2. The number of benzene rings is 1. The number of nitrogens with one attached hydrogen (secondary N) is 1. The maximum atomic E-state index is 11.6. The molecule has 0 saturated carbocycles. The molecule has 0 saturated heterocycles. The van der Waals surface area contributed by atoms with Gasteiger partial charge < -0.3 is 10.4 Å². The number of aliphatic carboxylic acids is 1. The molecule has 1 aromatic rings. The molecule has 0 fully saturated rings. The molecule has 0 aliphatic rings. The molecule has 0 heterocycles. The van der Waals surface area contributed by atoms with Crippen molar-refractivity contribution in [3.8, 4) is 0 Å². The van der Waals surface area contributed by atoms with Gasteiger partial charge in [0.15, 0.2) is 0 Å². The first-order chi connectivity index (χ1) is 9.63. The van der Waals surface area contributed by atoms with Crippen LogP contribution in [0.5, 0.6) is 0 Å². The number of amides is 1. The predicted molar refractivity (Wildman–Crippen MR) is 79.2 cm³/mol. The van der Waals surface area contributed by atoms with Crippen molar-refractivity contribution in [2.24, 2.45) is 0 Å². The molecule has 4 nitrogen and oxygen atoms in total. The van der Waals surface area contributed by atoms with E-state index in [1.54, 1.807) is 0 Å². The molecule has 0 radical (unpaired) electrons. The molecule has 2 N–H and O–H groups in total. The second-order valence-corrected chi connectivity index (χ2v) is 4.60. The Morgan fingerprint density at radius 3 is 2.60 bits per heavy atom. The van der Waals surface area contributed by atoms with Gasteiger partial charge in [-0.2, -0.15) is 0 Å². The normalized spacial score (nSPS) is 12.2. The fourth-order valence-electron chi connectivity index (χ4n) is 1.81. The van der Waals surface area contributed by atoms with Gasteiger partial charge in [0.25, 0.3) is 0 Å². The zero-order valence-electron chi connectivity index (χ0n) is 11.7. The van der Waals surface area contributed by atoms with E-state index in [9.17, 15) is 9.59 Å². The summed E-state index contributed by atoms with van der Waals surface area (Å²) in [6, 6.07) is 9.05. The minimum absolute atomic E-state index is 0.219. The van der Waals surface area contributed by atoms with Crippen LogP contribution in [0.25, 0.3) is 6.08 Å². The summed E-state index contributed by atoms with van der Waals surface area (Å²) >= 11 is 0. The van der Waals surface area contributed by atoms with Crippen LogP contribution in [0.1, 0.15) is 38.2 Å². The SMILES string of the molecule is CCCC(NC(=O)CC/C=C/c1ccccc1)C(=O)O. The molecule has 1 atom stereocenters. The van der Waals surface area contributed by atoms with Gasteiger partial charge in [0.05, 0.1) is 0 Å². The van der Waals surface area contributed by atoms with Crippen LogP contribution < -0.4 is 5.32 Å². The van der Waals surface area contributed by atoms with Gasteiger partial charge >= 0.3 is 5.97 Å². The lowest BCUT2D eigenvalue weighted by atomic mass is 10.1. The van der Waals surface area contributed by atoms with E-state index in [4.69, 9.17) is 5.11 Å². The highest BCUT2D eigenvalue weighted by Crippen LogP contribution is 2.04. The Morgan fingerprint density at radius 1 is 1.30 bits per heavy atom. The van der Waals surface area contributed by atoms with Crippen LogP contribution in [0.15, 0.2) is 36.4 Å². The molecule has 0 aliphatic heterocycles. The van der Waals surface area contributed by atoms with E-state index in [1.165, 1.54) is 0 Å². The highest BCUT2D eigenvalue weighted by molar-refractivity contribution is 5.83. The minimum Gasteiger partial charge on any atom is -0.480 e. The van der Waals surface area contributed by atoms with E-state index in [-0.39, 0.29) is 5.91 Å². The third-order valence-electron chi connectivity index (χ3n) is 2.86.